The Labute approximate surface area is 261 Å². The number of H-pyrrole nitrogens is 1. The Kier molecular flexibility index (Phi) is 7.54. The number of rotatable bonds is 7. The van der Waals surface area contributed by atoms with Gasteiger partial charge >= 0.3 is 11.9 Å². The zero-order valence-corrected chi connectivity index (χ0v) is 26.5. The third-order valence-electron chi connectivity index (χ3n) is 9.76. The second-order valence-electron chi connectivity index (χ2n) is 12.2. The van der Waals surface area contributed by atoms with Gasteiger partial charge in [-0.25, -0.2) is 4.99 Å². The van der Waals surface area contributed by atoms with E-state index in [0.717, 1.165) is 68.7 Å². The number of aromatic nitrogens is 2. The predicted molar refractivity (Wildman–Crippen MR) is 171 cm³/mol. The molecule has 6 rings (SSSR count). The molecule has 3 N–H and O–H groups in total. The van der Waals surface area contributed by atoms with E-state index in [-0.39, 0.29) is 36.6 Å². The Morgan fingerprint density at radius 1 is 1.07 bits per heavy atom. The molecule has 0 radical (unpaired) electrons. The summed E-state index contributed by atoms with van der Waals surface area (Å²) >= 11 is 0. The lowest BCUT2D eigenvalue weighted by Crippen LogP contribution is -2.30. The van der Waals surface area contributed by atoms with Crippen molar-refractivity contribution in [1.82, 2.24) is 14.9 Å². The maximum atomic E-state index is 12.7. The van der Waals surface area contributed by atoms with Crippen molar-refractivity contribution in [3.8, 4) is 0 Å². The molecule has 234 valence electrons. The molecule has 0 aromatic carbocycles. The van der Waals surface area contributed by atoms with Crippen LogP contribution in [0.15, 0.2) is 39.4 Å². The van der Waals surface area contributed by atoms with Crippen LogP contribution in [0, 0.1) is 19.3 Å². The average molecular weight is 611 g/mol. The lowest BCUT2D eigenvalue weighted by molar-refractivity contribution is -0.141. The highest BCUT2D eigenvalue weighted by Crippen LogP contribution is 2.42. The SMILES string of the molecule is COC(=O)CCC1=C(C)/C(=C/c2[nH]c3c(c2C)CCn2c(c(C)c4c2=CC2=NC(O)=C(CCC(=O)OC)C2(C)C=C4)=C3)NC1=O. The van der Waals surface area contributed by atoms with Gasteiger partial charge in [-0.05, 0) is 87.4 Å². The molecule has 0 saturated heterocycles. The molecule has 0 saturated carbocycles. The topological polar surface area (TPSA) is 135 Å². The number of ether oxygens (including phenoxy) is 2. The number of allylic oxidation sites excluding steroid dienone is 3. The van der Waals surface area contributed by atoms with Gasteiger partial charge in [-0.15, -0.1) is 0 Å². The molecule has 5 heterocycles. The number of nitrogens with zero attached hydrogens (tertiary/aromatic N) is 2. The number of methoxy groups -OCH3 is 2. The van der Waals surface area contributed by atoms with Crippen LogP contribution < -0.4 is 16.0 Å². The number of aliphatic hydroxyl groups excluding tert-OH is 1. The Bertz CT molecular complexity index is 1960. The van der Waals surface area contributed by atoms with Crippen molar-refractivity contribution in [2.24, 2.45) is 10.4 Å². The molecule has 10 heteroatoms. The van der Waals surface area contributed by atoms with Gasteiger partial charge in [-0.1, -0.05) is 12.2 Å². The maximum absolute atomic E-state index is 12.7. The summed E-state index contributed by atoms with van der Waals surface area (Å²) in [5, 5.41) is 15.9. The molecule has 1 atom stereocenters. The zero-order chi connectivity index (χ0) is 32.2. The van der Waals surface area contributed by atoms with Crippen molar-refractivity contribution in [3.63, 3.8) is 0 Å². The fourth-order valence-corrected chi connectivity index (χ4v) is 6.91. The molecular formula is C35H38N4O6. The van der Waals surface area contributed by atoms with E-state index in [1.54, 1.807) is 0 Å². The molecule has 1 unspecified atom stereocenters. The Balaban J connectivity index is 1.35. The van der Waals surface area contributed by atoms with Crippen LogP contribution in [0.4, 0.5) is 0 Å². The third kappa shape index (κ3) is 4.98. The fourth-order valence-electron chi connectivity index (χ4n) is 6.91. The first-order valence-corrected chi connectivity index (χ1v) is 15.2. The fraction of sp³-hybridized carbons (Fsp3) is 0.371. The first kappa shape index (κ1) is 30.2. The Morgan fingerprint density at radius 3 is 2.49 bits per heavy atom. The molecule has 45 heavy (non-hydrogen) atoms. The van der Waals surface area contributed by atoms with Gasteiger partial charge in [-0.2, -0.15) is 0 Å². The molecule has 3 aliphatic heterocycles. The Hall–Kier alpha value is -4.86. The summed E-state index contributed by atoms with van der Waals surface area (Å²) in [4.78, 5) is 44.3. The van der Waals surface area contributed by atoms with E-state index in [1.165, 1.54) is 19.8 Å². The monoisotopic (exact) mass is 610 g/mol. The molecule has 4 aliphatic rings. The van der Waals surface area contributed by atoms with Gasteiger partial charge in [0, 0.05) is 58.5 Å². The molecule has 1 amide bonds. The number of amides is 1. The molecule has 0 spiro atoms. The van der Waals surface area contributed by atoms with Crippen LogP contribution in [0.2, 0.25) is 0 Å². The summed E-state index contributed by atoms with van der Waals surface area (Å²) in [6.45, 7) is 8.89. The normalized spacial score (nSPS) is 20.8. The second-order valence-corrected chi connectivity index (χ2v) is 12.2. The first-order chi connectivity index (χ1) is 21.5. The van der Waals surface area contributed by atoms with Crippen LogP contribution in [-0.2, 0) is 36.8 Å². The highest BCUT2D eigenvalue weighted by molar-refractivity contribution is 6.18. The van der Waals surface area contributed by atoms with E-state index in [1.807, 2.05) is 19.9 Å². The van der Waals surface area contributed by atoms with E-state index in [0.29, 0.717) is 24.0 Å². The van der Waals surface area contributed by atoms with Crippen LogP contribution in [0.1, 0.15) is 73.2 Å². The first-order valence-electron chi connectivity index (χ1n) is 15.2. The van der Waals surface area contributed by atoms with Gasteiger partial charge in [0.1, 0.15) is 0 Å². The molecule has 1 aliphatic carbocycles. The van der Waals surface area contributed by atoms with Crippen LogP contribution >= 0.6 is 0 Å². The maximum Gasteiger partial charge on any atom is 0.305 e. The standard InChI is InChI=1S/C35H38N4O6/c1-18-21-12-14-39-28(16-27(21)36-25(18)15-26-19(2)23(33(42)37-26)7-9-31(40)44-5)20(3)22-11-13-35(4)24(8-10-32(41)45-6)34(43)38-30(35)17-29(22)39/h11,13,15-17,36,43H,7-10,12,14H2,1-6H3,(H,37,42)/b26-15-. The molecule has 0 bridgehead atoms. The number of aliphatic hydroxyl groups is 1. The van der Waals surface area contributed by atoms with Crippen LogP contribution in [-0.4, -0.2) is 52.4 Å². The molecule has 2 aromatic rings. The minimum Gasteiger partial charge on any atom is -0.493 e. The summed E-state index contributed by atoms with van der Waals surface area (Å²) < 4.78 is 11.9. The van der Waals surface area contributed by atoms with Gasteiger partial charge in [-0.3, -0.25) is 14.4 Å². The number of fused-ring (bicyclic) bond motifs is 5. The van der Waals surface area contributed by atoms with Crippen molar-refractivity contribution in [1.29, 1.82) is 0 Å². The van der Waals surface area contributed by atoms with Crippen molar-refractivity contribution in [2.45, 2.75) is 66.3 Å². The number of carbonyl (C=O) groups excluding carboxylic acids is 3. The van der Waals surface area contributed by atoms with Gasteiger partial charge in [0.05, 0.1) is 30.7 Å². The van der Waals surface area contributed by atoms with Crippen LogP contribution in [0.5, 0.6) is 0 Å². The minimum absolute atomic E-state index is 0.0296. The van der Waals surface area contributed by atoms with Crippen molar-refractivity contribution in [2.75, 3.05) is 14.2 Å². The Morgan fingerprint density at radius 2 is 1.78 bits per heavy atom. The largest absolute Gasteiger partial charge is 0.493 e. The molecule has 10 nitrogen and oxygen atoms in total. The highest BCUT2D eigenvalue weighted by atomic mass is 16.5. The van der Waals surface area contributed by atoms with Crippen LogP contribution in [0.25, 0.3) is 24.3 Å². The average Bonchev–Trinajstić information content (AvgIpc) is 3.52. The number of nitrogens with one attached hydrogen (secondary N) is 2. The summed E-state index contributed by atoms with van der Waals surface area (Å²) in [7, 11) is 2.71. The lowest BCUT2D eigenvalue weighted by atomic mass is 9.77. The number of hydrogen-bond acceptors (Lipinski definition) is 7. The van der Waals surface area contributed by atoms with Crippen molar-refractivity contribution in [3.05, 3.63) is 78.7 Å². The summed E-state index contributed by atoms with van der Waals surface area (Å²) in [6, 6.07) is 0. The summed E-state index contributed by atoms with van der Waals surface area (Å²) in [5.74, 6) is -0.874. The second kappa shape index (κ2) is 11.3. The lowest BCUT2D eigenvalue weighted by Gasteiger charge is -2.24. The van der Waals surface area contributed by atoms with E-state index >= 15 is 0 Å². The van der Waals surface area contributed by atoms with Gasteiger partial charge in [0.15, 0.2) is 0 Å². The van der Waals surface area contributed by atoms with Gasteiger partial charge in [0.2, 0.25) is 5.88 Å². The van der Waals surface area contributed by atoms with Crippen molar-refractivity contribution >= 4 is 47.9 Å². The van der Waals surface area contributed by atoms with E-state index < -0.39 is 5.41 Å². The molecule has 0 fully saturated rings. The number of aliphatic imine (C=N–C) groups is 1. The molecular weight excluding hydrogens is 572 g/mol. The van der Waals surface area contributed by atoms with Crippen molar-refractivity contribution < 1.29 is 29.0 Å². The minimum atomic E-state index is -0.622. The van der Waals surface area contributed by atoms with E-state index in [2.05, 4.69) is 58.0 Å². The number of hydrogen-bond donors (Lipinski definition) is 3. The zero-order valence-electron chi connectivity index (χ0n) is 26.5. The van der Waals surface area contributed by atoms with E-state index in [4.69, 9.17) is 9.47 Å². The number of esters is 2. The van der Waals surface area contributed by atoms with Crippen LogP contribution in [0.3, 0.4) is 0 Å². The smallest absolute Gasteiger partial charge is 0.305 e. The highest BCUT2D eigenvalue weighted by Gasteiger charge is 2.40. The van der Waals surface area contributed by atoms with Gasteiger partial charge < -0.3 is 29.4 Å². The number of aromatic amines is 1. The third-order valence-corrected chi connectivity index (χ3v) is 9.76. The number of carbonyl (C=O) groups is 3. The molecule has 2 aromatic heterocycles. The van der Waals surface area contributed by atoms with Gasteiger partial charge in [0.25, 0.3) is 5.91 Å². The summed E-state index contributed by atoms with van der Waals surface area (Å²) in [5.41, 5.74) is 9.55. The quantitative estimate of drug-likeness (QED) is 0.411. The predicted octanol–water partition coefficient (Wildman–Crippen LogP) is 3.55. The van der Waals surface area contributed by atoms with E-state index in [9.17, 15) is 19.5 Å². The summed E-state index contributed by atoms with van der Waals surface area (Å²) in [6.07, 6.45) is 12.3.